The summed E-state index contributed by atoms with van der Waals surface area (Å²) in [5.74, 6) is -1.33. The molecule has 0 fully saturated rings. The van der Waals surface area contributed by atoms with E-state index in [1.807, 2.05) is 5.41 Å². The van der Waals surface area contributed by atoms with Crippen molar-refractivity contribution in [2.75, 3.05) is 12.4 Å². The fourth-order valence-electron chi connectivity index (χ4n) is 1.87. The van der Waals surface area contributed by atoms with Crippen LogP contribution in [-0.2, 0) is 17.1 Å². The molecule has 1 atom stereocenters. The van der Waals surface area contributed by atoms with E-state index in [0.29, 0.717) is 11.3 Å². The Bertz CT molecular complexity index is 787. The highest BCUT2D eigenvalue weighted by molar-refractivity contribution is 8.22. The summed E-state index contributed by atoms with van der Waals surface area (Å²) in [5, 5.41) is 3.59. The maximum absolute atomic E-state index is 12.7. The maximum atomic E-state index is 12.7. The van der Waals surface area contributed by atoms with Gasteiger partial charge in [0.25, 0.3) is 0 Å². The zero-order valence-electron chi connectivity index (χ0n) is 13.4. The van der Waals surface area contributed by atoms with Gasteiger partial charge in [-0.25, -0.2) is 25.8 Å². The summed E-state index contributed by atoms with van der Waals surface area (Å²) in [6, 6.07) is 0. The summed E-state index contributed by atoms with van der Waals surface area (Å²) in [6.45, 7) is 1.58. The number of ether oxygens (including phenoxy) is 1. The second-order valence-corrected chi connectivity index (χ2v) is 11.7. The number of rotatable bonds is 5. The van der Waals surface area contributed by atoms with Crippen LogP contribution < -0.4 is 0 Å². The second kappa shape index (κ2) is 9.03. The molecule has 148 valence electrons. The van der Waals surface area contributed by atoms with Gasteiger partial charge in [0, 0.05) is 18.2 Å². The number of esters is 1. The van der Waals surface area contributed by atoms with Crippen molar-refractivity contribution in [1.29, 1.82) is 0 Å². The molecule has 6 nitrogen and oxygen atoms in total. The van der Waals surface area contributed by atoms with Crippen molar-refractivity contribution >= 4 is 92.3 Å². The summed E-state index contributed by atoms with van der Waals surface area (Å²) in [7, 11) is -0.767. The first-order chi connectivity index (χ1) is 12.4. The van der Waals surface area contributed by atoms with Crippen LogP contribution in [0.4, 0.5) is 0 Å². The minimum Gasteiger partial charge on any atom is -0.465 e. The van der Waals surface area contributed by atoms with E-state index in [4.69, 9.17) is 74.3 Å². The monoisotopic (exact) mass is 511 g/mol. The third-order valence-corrected chi connectivity index (χ3v) is 5.87. The van der Waals surface area contributed by atoms with E-state index in [0.717, 1.165) is 0 Å². The molecule has 2 heterocycles. The quantitative estimate of drug-likeness (QED) is 0.266. The zero-order chi connectivity index (χ0) is 20.4. The Hall–Kier alpha value is -0.280. The van der Waals surface area contributed by atoms with Gasteiger partial charge in [0.15, 0.2) is 11.6 Å². The number of hydrogen-bond acceptors (Lipinski definition) is 6. The SMILES string of the molecule is CC(=O)OCC[SH]1C=CC(C(=O)c2nc(C(Cl)(Cl)Cl)nc(C(Cl)(Cl)Cl)n2)=C1. The molecule has 0 saturated carbocycles. The van der Waals surface area contributed by atoms with Crippen molar-refractivity contribution in [3.63, 3.8) is 0 Å². The Kier molecular flexibility index (Phi) is 7.69. The van der Waals surface area contributed by atoms with Crippen LogP contribution in [0.2, 0.25) is 0 Å². The lowest BCUT2D eigenvalue weighted by atomic mass is 10.2. The third-order valence-electron chi connectivity index (χ3n) is 3.01. The fraction of sp³-hybridized carbons (Fsp3) is 0.357. The van der Waals surface area contributed by atoms with Gasteiger partial charge in [-0.15, -0.1) is 0 Å². The number of allylic oxidation sites excluding steroid dienone is 2. The van der Waals surface area contributed by atoms with E-state index in [1.165, 1.54) is 6.92 Å². The van der Waals surface area contributed by atoms with Crippen LogP contribution in [0.25, 0.3) is 0 Å². The summed E-state index contributed by atoms with van der Waals surface area (Å²) in [4.78, 5) is 35.1. The van der Waals surface area contributed by atoms with Crippen LogP contribution in [0.3, 0.4) is 0 Å². The van der Waals surface area contributed by atoms with Crippen LogP contribution in [0.5, 0.6) is 0 Å². The topological polar surface area (TPSA) is 82.0 Å². The molecule has 1 aliphatic rings. The molecule has 0 amide bonds. The summed E-state index contributed by atoms with van der Waals surface area (Å²) >= 11 is 34.8. The molecular weight excluding hydrogens is 503 g/mol. The molecule has 0 spiro atoms. The molecule has 0 N–H and O–H groups in total. The summed E-state index contributed by atoms with van der Waals surface area (Å²) < 4.78 is 0.814. The van der Waals surface area contributed by atoms with E-state index in [1.54, 1.807) is 11.5 Å². The van der Waals surface area contributed by atoms with Gasteiger partial charge in [0.2, 0.25) is 19.2 Å². The number of hydrogen-bond donors (Lipinski definition) is 1. The van der Waals surface area contributed by atoms with Crippen LogP contribution >= 0.6 is 80.5 Å². The first-order valence-electron chi connectivity index (χ1n) is 7.12. The maximum Gasteiger partial charge on any atom is 0.302 e. The second-order valence-electron chi connectivity index (χ2n) is 5.11. The number of halogens is 6. The van der Waals surface area contributed by atoms with E-state index in [2.05, 4.69) is 15.0 Å². The van der Waals surface area contributed by atoms with Crippen molar-refractivity contribution < 1.29 is 14.3 Å². The van der Waals surface area contributed by atoms with Crippen molar-refractivity contribution in [2.24, 2.45) is 0 Å². The first kappa shape index (κ1) is 23.0. The number of aromatic nitrogens is 3. The number of carbonyl (C=O) groups excluding carboxylic acids is 2. The van der Waals surface area contributed by atoms with Crippen LogP contribution in [-0.4, -0.2) is 39.1 Å². The zero-order valence-corrected chi connectivity index (χ0v) is 18.9. The largest absolute Gasteiger partial charge is 0.465 e. The standard InChI is InChI=1S/C14H11Cl6N3O3S/c1-7(24)26-3-5-27-4-2-8(6-27)9(25)10-21-11(13(15,16)17)23-12(22-10)14(18,19)20/h2,4,6,27H,3,5H2,1H3. The number of carbonyl (C=O) groups is 2. The molecule has 13 heteroatoms. The van der Waals surface area contributed by atoms with Gasteiger partial charge >= 0.3 is 5.97 Å². The highest BCUT2D eigenvalue weighted by Gasteiger charge is 2.35. The normalized spacial score (nSPS) is 18.3. The predicted molar refractivity (Wildman–Crippen MR) is 110 cm³/mol. The van der Waals surface area contributed by atoms with Crippen molar-refractivity contribution in [3.05, 3.63) is 39.9 Å². The van der Waals surface area contributed by atoms with Crippen LogP contribution in [0, 0.1) is 0 Å². The molecule has 1 aliphatic heterocycles. The number of thiol groups is 1. The Morgan fingerprint density at radius 1 is 1.04 bits per heavy atom. The molecule has 0 aromatic carbocycles. The minimum absolute atomic E-state index is 0.254. The highest BCUT2D eigenvalue weighted by atomic mass is 35.6. The van der Waals surface area contributed by atoms with E-state index in [9.17, 15) is 9.59 Å². The van der Waals surface area contributed by atoms with Gasteiger partial charge in [-0.05, 0) is 16.9 Å². The lowest BCUT2D eigenvalue weighted by Crippen LogP contribution is -2.20. The van der Waals surface area contributed by atoms with Crippen LogP contribution in [0.1, 0.15) is 29.2 Å². The first-order valence-corrected chi connectivity index (χ1v) is 11.1. The van der Waals surface area contributed by atoms with Crippen LogP contribution in [0.15, 0.2) is 22.5 Å². The predicted octanol–water partition coefficient (Wildman–Crippen LogP) is 4.68. The van der Waals surface area contributed by atoms with E-state index >= 15 is 0 Å². The molecular formula is C14H11Cl6N3O3S. The average Bonchev–Trinajstić information content (AvgIpc) is 3.00. The van der Waals surface area contributed by atoms with E-state index < -0.39 is 24.3 Å². The smallest absolute Gasteiger partial charge is 0.302 e. The Morgan fingerprint density at radius 3 is 2.07 bits per heavy atom. The van der Waals surface area contributed by atoms with Crippen molar-refractivity contribution in [1.82, 2.24) is 15.0 Å². The van der Waals surface area contributed by atoms with E-state index in [-0.39, 0.29) is 30.0 Å². The highest BCUT2D eigenvalue weighted by Crippen LogP contribution is 2.41. The minimum atomic E-state index is -2.04. The lowest BCUT2D eigenvalue weighted by Gasteiger charge is -2.15. The Labute approximate surface area is 187 Å². The Morgan fingerprint density at radius 2 is 1.59 bits per heavy atom. The lowest BCUT2D eigenvalue weighted by molar-refractivity contribution is -0.140. The third kappa shape index (κ3) is 6.63. The van der Waals surface area contributed by atoms with Gasteiger partial charge in [0.05, 0.1) is 6.61 Å². The number of nitrogens with zero attached hydrogens (tertiary/aromatic N) is 3. The summed E-state index contributed by atoms with van der Waals surface area (Å²) in [6.07, 6.45) is 1.62. The van der Waals surface area contributed by atoms with Crippen molar-refractivity contribution in [2.45, 2.75) is 14.5 Å². The molecule has 0 saturated heterocycles. The Balaban J connectivity index is 2.28. The van der Waals surface area contributed by atoms with Crippen molar-refractivity contribution in [3.8, 4) is 0 Å². The number of Topliss-reactive ketones (excluding diaryl/α,β-unsaturated/α-hetero) is 1. The van der Waals surface area contributed by atoms with Gasteiger partial charge in [0.1, 0.15) is 0 Å². The van der Waals surface area contributed by atoms with Gasteiger partial charge < -0.3 is 4.74 Å². The molecule has 0 aliphatic carbocycles. The molecule has 1 unspecified atom stereocenters. The van der Waals surface area contributed by atoms with Gasteiger partial charge in [-0.3, -0.25) is 9.59 Å². The average molecular weight is 514 g/mol. The molecule has 1 aromatic heterocycles. The molecule has 0 bridgehead atoms. The molecule has 27 heavy (non-hydrogen) atoms. The molecule has 0 radical (unpaired) electrons. The molecule has 1 aromatic rings. The summed E-state index contributed by atoms with van der Waals surface area (Å²) in [5.41, 5.74) is 0.334. The fourth-order valence-corrected chi connectivity index (χ4v) is 3.96. The number of ketones is 1. The van der Waals surface area contributed by atoms with Gasteiger partial charge in [-0.2, -0.15) is 0 Å². The molecule has 2 rings (SSSR count). The number of alkyl halides is 6. The van der Waals surface area contributed by atoms with Gasteiger partial charge in [-0.1, -0.05) is 69.6 Å².